The molecular formula is C16H24N4O2S. The molecule has 7 heteroatoms. The first-order valence-electron chi connectivity index (χ1n) is 8.00. The molecule has 6 nitrogen and oxygen atoms in total. The van der Waals surface area contributed by atoms with E-state index >= 15 is 0 Å². The van der Waals surface area contributed by atoms with Crippen LogP contribution in [-0.4, -0.2) is 57.1 Å². The van der Waals surface area contributed by atoms with E-state index in [1.807, 2.05) is 12.3 Å². The Bertz CT molecular complexity index is 641. The summed E-state index contributed by atoms with van der Waals surface area (Å²) in [6.45, 7) is 2.17. The van der Waals surface area contributed by atoms with Gasteiger partial charge in [-0.1, -0.05) is 6.92 Å². The Hall–Kier alpha value is -1.63. The highest BCUT2D eigenvalue weighted by molar-refractivity contribution is 7.99. The maximum absolute atomic E-state index is 12.7. The largest absolute Gasteiger partial charge is 0.344 e. The van der Waals surface area contributed by atoms with Gasteiger partial charge >= 0.3 is 0 Å². The summed E-state index contributed by atoms with van der Waals surface area (Å²) in [5, 5.41) is 3.47. The normalized spacial score (nSPS) is 26.2. The fourth-order valence-electron chi connectivity index (χ4n) is 3.54. The number of amidine groups is 1. The maximum Gasteiger partial charge on any atom is 0.269 e. The first kappa shape index (κ1) is 16.2. The zero-order chi connectivity index (χ0) is 16.8. The van der Waals surface area contributed by atoms with Crippen LogP contribution in [0.3, 0.4) is 0 Å². The van der Waals surface area contributed by atoms with Crippen molar-refractivity contribution in [2.75, 3.05) is 20.4 Å². The van der Waals surface area contributed by atoms with Gasteiger partial charge in [-0.2, -0.15) is 0 Å². The highest BCUT2D eigenvalue weighted by Crippen LogP contribution is 2.48. The van der Waals surface area contributed by atoms with Crippen molar-refractivity contribution >= 4 is 21.9 Å². The van der Waals surface area contributed by atoms with Gasteiger partial charge in [0.15, 0.2) is 11.3 Å². The molecule has 23 heavy (non-hydrogen) atoms. The third kappa shape index (κ3) is 2.51. The lowest BCUT2D eigenvalue weighted by Crippen LogP contribution is -2.57. The van der Waals surface area contributed by atoms with E-state index in [9.17, 15) is 9.00 Å². The van der Waals surface area contributed by atoms with E-state index in [4.69, 9.17) is 0 Å². The predicted molar refractivity (Wildman–Crippen MR) is 92.0 cm³/mol. The van der Waals surface area contributed by atoms with Crippen LogP contribution in [0, 0.1) is 0 Å². The molecule has 0 radical (unpaired) electrons. The Morgan fingerprint density at radius 3 is 2.70 bits per heavy atom. The zero-order valence-electron chi connectivity index (χ0n) is 14.1. The average molecular weight is 336 g/mol. The second-order valence-corrected chi connectivity index (χ2v) is 7.88. The van der Waals surface area contributed by atoms with Gasteiger partial charge in [0.25, 0.3) is 5.91 Å². The van der Waals surface area contributed by atoms with Crippen LogP contribution in [0.4, 0.5) is 0 Å². The van der Waals surface area contributed by atoms with Crippen molar-refractivity contribution in [1.82, 2.24) is 15.1 Å². The zero-order valence-corrected chi connectivity index (χ0v) is 14.9. The topological polar surface area (TPSA) is 65.0 Å². The first-order valence-corrected chi connectivity index (χ1v) is 9.56. The molecule has 2 unspecified atom stereocenters. The van der Waals surface area contributed by atoms with Gasteiger partial charge < -0.3 is 15.1 Å². The standard InChI is InChI=1S/C16H24N4O2S/c1-5-16(7-6-8-16)20-12(14(21)19(2)3)9-11-10-17-15(23(4)22)18-13(11)20/h9-10,13H,5-8H2,1-4H3,(H,17,18). The lowest BCUT2D eigenvalue weighted by molar-refractivity contribution is -0.128. The van der Waals surface area contributed by atoms with Crippen LogP contribution in [0.1, 0.15) is 32.6 Å². The van der Waals surface area contributed by atoms with Crippen LogP contribution in [0.2, 0.25) is 0 Å². The molecule has 0 aromatic carbocycles. The smallest absolute Gasteiger partial charge is 0.269 e. The van der Waals surface area contributed by atoms with Gasteiger partial charge in [0.2, 0.25) is 0 Å². The summed E-state index contributed by atoms with van der Waals surface area (Å²) in [7, 11) is 2.37. The number of hydrogen-bond acceptors (Lipinski definition) is 5. The van der Waals surface area contributed by atoms with Crippen LogP contribution >= 0.6 is 0 Å². The number of rotatable bonds is 3. The molecule has 1 amide bonds. The second kappa shape index (κ2) is 5.78. The average Bonchev–Trinajstić information content (AvgIpc) is 2.85. The molecule has 0 spiro atoms. The van der Waals surface area contributed by atoms with Gasteiger partial charge in [0, 0.05) is 37.7 Å². The van der Waals surface area contributed by atoms with Gasteiger partial charge in [-0.25, -0.2) is 4.99 Å². The van der Waals surface area contributed by atoms with Crippen LogP contribution in [-0.2, 0) is 15.6 Å². The molecule has 1 N–H and O–H groups in total. The van der Waals surface area contributed by atoms with Crippen molar-refractivity contribution in [2.24, 2.45) is 4.99 Å². The summed E-state index contributed by atoms with van der Waals surface area (Å²) in [6, 6.07) is 0. The number of likely N-dealkylation sites (N-methyl/N-ethyl adjacent to an activating group) is 1. The highest BCUT2D eigenvalue weighted by Gasteiger charge is 2.50. The van der Waals surface area contributed by atoms with Crippen LogP contribution in [0.25, 0.3) is 0 Å². The summed E-state index contributed by atoms with van der Waals surface area (Å²) in [6.07, 6.45) is 9.42. The molecule has 3 aliphatic rings. The summed E-state index contributed by atoms with van der Waals surface area (Å²) in [4.78, 5) is 21.1. The van der Waals surface area contributed by atoms with E-state index in [2.05, 4.69) is 22.1 Å². The molecule has 0 bridgehead atoms. The lowest BCUT2D eigenvalue weighted by atomic mass is 9.73. The molecule has 126 valence electrons. The fraction of sp³-hybridized carbons (Fsp3) is 0.625. The summed E-state index contributed by atoms with van der Waals surface area (Å²) in [5.41, 5.74) is 1.64. The van der Waals surface area contributed by atoms with Gasteiger partial charge in [0.1, 0.15) is 5.70 Å². The highest BCUT2D eigenvalue weighted by atomic mass is 32.2. The van der Waals surface area contributed by atoms with E-state index < -0.39 is 10.8 Å². The minimum atomic E-state index is -1.17. The van der Waals surface area contributed by atoms with Crippen molar-refractivity contribution < 1.29 is 9.00 Å². The molecule has 2 aliphatic heterocycles. The van der Waals surface area contributed by atoms with Crippen LogP contribution < -0.4 is 5.32 Å². The van der Waals surface area contributed by atoms with E-state index in [0.717, 1.165) is 24.8 Å². The molecule has 1 fully saturated rings. The van der Waals surface area contributed by atoms with Crippen molar-refractivity contribution in [1.29, 1.82) is 0 Å². The lowest BCUT2D eigenvalue weighted by Gasteiger charge is -2.52. The van der Waals surface area contributed by atoms with Crippen molar-refractivity contribution in [3.63, 3.8) is 0 Å². The number of carbonyl (C=O) groups is 1. The number of hydrogen-bond donors (Lipinski definition) is 1. The van der Waals surface area contributed by atoms with E-state index in [1.54, 1.807) is 25.3 Å². The summed E-state index contributed by atoms with van der Waals surface area (Å²) in [5.74, 6) is -0.00519. The van der Waals surface area contributed by atoms with Gasteiger partial charge in [-0.3, -0.25) is 9.00 Å². The SMILES string of the molecule is CCC1(N2C(C(=O)N(C)C)=CC3=CNC(S(C)=O)=NC32)CCC1. The Morgan fingerprint density at radius 2 is 2.22 bits per heavy atom. The van der Waals surface area contributed by atoms with Gasteiger partial charge in [-0.05, 0) is 31.8 Å². The van der Waals surface area contributed by atoms with E-state index in [-0.39, 0.29) is 17.6 Å². The molecule has 1 aliphatic carbocycles. The van der Waals surface area contributed by atoms with E-state index in [1.165, 1.54) is 6.42 Å². The number of fused-ring (bicyclic) bond motifs is 1. The summed E-state index contributed by atoms with van der Waals surface area (Å²) < 4.78 is 11.8. The van der Waals surface area contributed by atoms with Crippen LogP contribution in [0.5, 0.6) is 0 Å². The number of nitrogens with one attached hydrogen (secondary N) is 1. The van der Waals surface area contributed by atoms with Crippen molar-refractivity contribution in [2.45, 2.75) is 44.3 Å². The van der Waals surface area contributed by atoms with Crippen LogP contribution in [0.15, 0.2) is 28.5 Å². The minimum Gasteiger partial charge on any atom is -0.344 e. The summed E-state index contributed by atoms with van der Waals surface area (Å²) >= 11 is 0. The van der Waals surface area contributed by atoms with Crippen molar-refractivity contribution in [3.8, 4) is 0 Å². The number of amides is 1. The number of carbonyl (C=O) groups excluding carboxylic acids is 1. The molecule has 3 rings (SSSR count). The number of aliphatic imine (C=N–C) groups is 1. The molecule has 2 atom stereocenters. The van der Waals surface area contributed by atoms with Gasteiger partial charge in [-0.15, -0.1) is 0 Å². The number of nitrogens with zero attached hydrogens (tertiary/aromatic N) is 3. The quantitative estimate of drug-likeness (QED) is 0.840. The Balaban J connectivity index is 2.04. The fourth-order valence-corrected chi connectivity index (χ4v) is 4.01. The van der Waals surface area contributed by atoms with E-state index in [0.29, 0.717) is 10.9 Å². The Labute approximate surface area is 139 Å². The third-order valence-electron chi connectivity index (χ3n) is 5.06. The second-order valence-electron chi connectivity index (χ2n) is 6.58. The minimum absolute atomic E-state index is 0.00519. The molecule has 0 aromatic heterocycles. The molecule has 2 heterocycles. The van der Waals surface area contributed by atoms with Gasteiger partial charge in [0.05, 0.1) is 10.8 Å². The molecule has 1 saturated carbocycles. The third-order valence-corrected chi connectivity index (χ3v) is 5.83. The molecule has 0 aromatic rings. The predicted octanol–water partition coefficient (Wildman–Crippen LogP) is 1.15. The first-order chi connectivity index (χ1) is 10.9. The Morgan fingerprint density at radius 1 is 1.52 bits per heavy atom. The molecular weight excluding hydrogens is 312 g/mol. The Kier molecular flexibility index (Phi) is 4.08. The molecule has 0 saturated heterocycles. The monoisotopic (exact) mass is 336 g/mol. The van der Waals surface area contributed by atoms with Crippen molar-refractivity contribution in [3.05, 3.63) is 23.5 Å². The maximum atomic E-state index is 12.7.